The molecular formula is C27H34O4S. The zero-order chi connectivity index (χ0) is 22.6. The predicted octanol–water partition coefficient (Wildman–Crippen LogP) is 5.89. The van der Waals surface area contributed by atoms with Crippen molar-refractivity contribution in [3.05, 3.63) is 65.2 Å². The van der Waals surface area contributed by atoms with Crippen molar-refractivity contribution < 1.29 is 19.0 Å². The molecule has 0 aliphatic heterocycles. The lowest BCUT2D eigenvalue weighted by Crippen LogP contribution is -2.17. The summed E-state index contributed by atoms with van der Waals surface area (Å²) in [6.45, 7) is 5.96. The van der Waals surface area contributed by atoms with Crippen molar-refractivity contribution in [2.45, 2.75) is 33.1 Å². The summed E-state index contributed by atoms with van der Waals surface area (Å²) in [5.74, 6) is 2.59. The molecule has 5 heteroatoms. The molecular weight excluding hydrogens is 420 g/mol. The molecule has 3 rings (SSSR count). The highest BCUT2D eigenvalue weighted by Gasteiger charge is 2.15. The number of ether oxygens (including phenoxy) is 3. The number of allylic oxidation sites excluding steroid dienone is 1. The molecule has 0 fully saturated rings. The van der Waals surface area contributed by atoms with Gasteiger partial charge in [-0.3, -0.25) is 4.79 Å². The Bertz CT molecular complexity index is 878. The van der Waals surface area contributed by atoms with E-state index in [4.69, 9.17) is 14.2 Å². The van der Waals surface area contributed by atoms with E-state index in [1.807, 2.05) is 25.6 Å². The van der Waals surface area contributed by atoms with Crippen LogP contribution in [-0.4, -0.2) is 43.9 Å². The lowest BCUT2D eigenvalue weighted by molar-refractivity contribution is -0.149. The first-order chi connectivity index (χ1) is 15.7. The predicted molar refractivity (Wildman–Crippen MR) is 133 cm³/mol. The molecule has 2 aromatic carbocycles. The number of esters is 1. The first-order valence-corrected chi connectivity index (χ1v) is 12.7. The summed E-state index contributed by atoms with van der Waals surface area (Å²) in [5.41, 5.74) is 5.24. The van der Waals surface area contributed by atoms with E-state index in [0.29, 0.717) is 26.4 Å². The van der Waals surface area contributed by atoms with Gasteiger partial charge in [0.05, 0.1) is 25.7 Å². The van der Waals surface area contributed by atoms with Gasteiger partial charge >= 0.3 is 5.97 Å². The van der Waals surface area contributed by atoms with Crippen LogP contribution in [0.25, 0.3) is 11.6 Å². The topological polar surface area (TPSA) is 44.8 Å². The Morgan fingerprint density at radius 3 is 2.59 bits per heavy atom. The first kappa shape index (κ1) is 24.4. The van der Waals surface area contributed by atoms with E-state index in [0.717, 1.165) is 36.5 Å². The summed E-state index contributed by atoms with van der Waals surface area (Å²) in [6.07, 6.45) is 5.20. The molecule has 1 aliphatic rings. The summed E-state index contributed by atoms with van der Waals surface area (Å²) in [5, 5.41) is 0. The van der Waals surface area contributed by atoms with Gasteiger partial charge in [0.2, 0.25) is 0 Å². The molecule has 1 unspecified atom stereocenters. The molecule has 4 nitrogen and oxygen atoms in total. The molecule has 0 radical (unpaired) electrons. The molecule has 0 heterocycles. The standard InChI is InChI=1S/C27H34O4S/c1-3-21(2)27(28)31-15-14-29-16-18-32-19-17-30-26-11-7-10-23-12-13-24(20-25(23)26)22-8-5-4-6-9-22/h4-11,20-21H,3,12-19H2,1-2H3. The minimum absolute atomic E-state index is 0.0406. The minimum Gasteiger partial charge on any atom is -0.492 e. The van der Waals surface area contributed by atoms with Crippen molar-refractivity contribution in [2.24, 2.45) is 5.92 Å². The van der Waals surface area contributed by atoms with E-state index in [9.17, 15) is 4.79 Å². The van der Waals surface area contributed by atoms with Crippen LogP contribution in [0.1, 0.15) is 43.4 Å². The third kappa shape index (κ3) is 7.42. The zero-order valence-electron chi connectivity index (χ0n) is 19.2. The van der Waals surface area contributed by atoms with Gasteiger partial charge in [-0.25, -0.2) is 0 Å². The second kappa shape index (κ2) is 13.3. The van der Waals surface area contributed by atoms with Gasteiger partial charge in [-0.1, -0.05) is 56.3 Å². The van der Waals surface area contributed by atoms with Crippen molar-refractivity contribution in [3.63, 3.8) is 0 Å². The van der Waals surface area contributed by atoms with Crippen LogP contribution in [0, 0.1) is 5.92 Å². The smallest absolute Gasteiger partial charge is 0.308 e. The quantitative estimate of drug-likeness (QED) is 0.279. The lowest BCUT2D eigenvalue weighted by atomic mass is 9.88. The van der Waals surface area contributed by atoms with E-state index in [1.165, 1.54) is 22.3 Å². The van der Waals surface area contributed by atoms with Crippen LogP contribution < -0.4 is 4.74 Å². The van der Waals surface area contributed by atoms with E-state index in [1.54, 1.807) is 0 Å². The van der Waals surface area contributed by atoms with Gasteiger partial charge in [0.15, 0.2) is 0 Å². The van der Waals surface area contributed by atoms with Gasteiger partial charge in [-0.15, -0.1) is 0 Å². The SMILES string of the molecule is CCC(C)C(=O)OCCOCCSCCOc1cccc2c1C=C(c1ccccc1)CC2. The normalized spacial score (nSPS) is 13.8. The fourth-order valence-electron chi connectivity index (χ4n) is 3.54. The van der Waals surface area contributed by atoms with Gasteiger partial charge in [-0.05, 0) is 48.1 Å². The van der Waals surface area contributed by atoms with Gasteiger partial charge < -0.3 is 14.2 Å². The van der Waals surface area contributed by atoms with Crippen molar-refractivity contribution in [1.82, 2.24) is 0 Å². The summed E-state index contributed by atoms with van der Waals surface area (Å²) in [6, 6.07) is 16.9. The van der Waals surface area contributed by atoms with Crippen molar-refractivity contribution in [3.8, 4) is 5.75 Å². The third-order valence-electron chi connectivity index (χ3n) is 5.63. The number of hydrogen-bond acceptors (Lipinski definition) is 5. The molecule has 0 bridgehead atoms. The molecule has 1 atom stereocenters. The molecule has 0 N–H and O–H groups in total. The average molecular weight is 455 g/mol. The Morgan fingerprint density at radius 2 is 1.78 bits per heavy atom. The Labute approximate surface area is 196 Å². The largest absolute Gasteiger partial charge is 0.492 e. The van der Waals surface area contributed by atoms with E-state index in [2.05, 4.69) is 54.6 Å². The number of benzene rings is 2. The summed E-state index contributed by atoms with van der Waals surface area (Å²) in [7, 11) is 0. The molecule has 0 saturated heterocycles. The summed E-state index contributed by atoms with van der Waals surface area (Å²) in [4.78, 5) is 11.6. The van der Waals surface area contributed by atoms with Crippen LogP contribution in [0.4, 0.5) is 0 Å². The molecule has 0 aromatic heterocycles. The number of fused-ring (bicyclic) bond motifs is 1. The number of carbonyl (C=O) groups is 1. The fraction of sp³-hybridized carbons (Fsp3) is 0.444. The fourth-order valence-corrected chi connectivity index (χ4v) is 4.18. The third-order valence-corrected chi connectivity index (χ3v) is 6.54. The van der Waals surface area contributed by atoms with Crippen LogP contribution in [0.5, 0.6) is 5.75 Å². The molecule has 2 aromatic rings. The van der Waals surface area contributed by atoms with Crippen LogP contribution in [0.15, 0.2) is 48.5 Å². The summed E-state index contributed by atoms with van der Waals surface area (Å²) >= 11 is 1.81. The monoisotopic (exact) mass is 454 g/mol. The Kier molecular flexibility index (Phi) is 10.2. The van der Waals surface area contributed by atoms with E-state index in [-0.39, 0.29) is 11.9 Å². The van der Waals surface area contributed by atoms with Gasteiger partial charge in [0, 0.05) is 17.1 Å². The van der Waals surface area contributed by atoms with Gasteiger partial charge in [0.1, 0.15) is 12.4 Å². The molecule has 0 spiro atoms. The maximum absolute atomic E-state index is 11.6. The van der Waals surface area contributed by atoms with Crippen LogP contribution in [0.3, 0.4) is 0 Å². The Morgan fingerprint density at radius 1 is 0.969 bits per heavy atom. The van der Waals surface area contributed by atoms with Gasteiger partial charge in [-0.2, -0.15) is 11.8 Å². The molecule has 0 saturated carbocycles. The zero-order valence-corrected chi connectivity index (χ0v) is 20.0. The van der Waals surface area contributed by atoms with Crippen molar-refractivity contribution in [1.29, 1.82) is 0 Å². The van der Waals surface area contributed by atoms with Gasteiger partial charge in [0.25, 0.3) is 0 Å². The Hall–Kier alpha value is -2.24. The van der Waals surface area contributed by atoms with Crippen molar-refractivity contribution >= 4 is 29.4 Å². The highest BCUT2D eigenvalue weighted by molar-refractivity contribution is 7.99. The Balaban J connectivity index is 1.35. The first-order valence-electron chi connectivity index (χ1n) is 11.5. The number of carbonyl (C=O) groups excluding carboxylic acids is 1. The second-order valence-corrected chi connectivity index (χ2v) is 9.14. The van der Waals surface area contributed by atoms with Crippen LogP contribution in [0.2, 0.25) is 0 Å². The number of aryl methyl sites for hydroxylation is 1. The maximum atomic E-state index is 11.6. The number of thioether (sulfide) groups is 1. The molecule has 0 amide bonds. The second-order valence-electron chi connectivity index (χ2n) is 7.91. The van der Waals surface area contributed by atoms with Crippen molar-refractivity contribution in [2.75, 3.05) is 37.9 Å². The van der Waals surface area contributed by atoms with Crippen LogP contribution in [-0.2, 0) is 20.7 Å². The summed E-state index contributed by atoms with van der Waals surface area (Å²) < 4.78 is 16.8. The van der Waals surface area contributed by atoms with E-state index >= 15 is 0 Å². The van der Waals surface area contributed by atoms with Crippen LogP contribution >= 0.6 is 11.8 Å². The lowest BCUT2D eigenvalue weighted by Gasteiger charge is -2.20. The number of hydrogen-bond donors (Lipinski definition) is 0. The van der Waals surface area contributed by atoms with E-state index < -0.39 is 0 Å². The molecule has 32 heavy (non-hydrogen) atoms. The molecule has 1 aliphatic carbocycles. The minimum atomic E-state index is -0.142. The number of rotatable bonds is 13. The highest BCUT2D eigenvalue weighted by atomic mass is 32.2. The maximum Gasteiger partial charge on any atom is 0.308 e. The average Bonchev–Trinajstić information content (AvgIpc) is 2.84. The highest BCUT2D eigenvalue weighted by Crippen LogP contribution is 2.35. The molecule has 172 valence electrons.